The lowest BCUT2D eigenvalue weighted by atomic mass is 9.92. The molecular weight excluding hydrogens is 322 g/mol. The van der Waals surface area contributed by atoms with Crippen molar-refractivity contribution in [1.82, 2.24) is 9.88 Å². The Morgan fingerprint density at radius 2 is 2.29 bits per heavy atom. The number of carbonyl (C=O) groups excluding carboxylic acids is 1. The van der Waals surface area contributed by atoms with Crippen LogP contribution < -0.4 is 5.73 Å². The Labute approximate surface area is 146 Å². The maximum absolute atomic E-state index is 12.1. The predicted molar refractivity (Wildman–Crippen MR) is 94.6 cm³/mol. The first kappa shape index (κ1) is 17.1. The van der Waals surface area contributed by atoms with Gasteiger partial charge in [0.25, 0.3) is 0 Å². The molecule has 2 heterocycles. The lowest BCUT2D eigenvalue weighted by Crippen LogP contribution is -2.42. The number of thiazole rings is 1. The molecule has 0 fully saturated rings. The van der Waals surface area contributed by atoms with E-state index in [2.05, 4.69) is 16.0 Å². The monoisotopic (exact) mass is 345 g/mol. The van der Waals surface area contributed by atoms with Gasteiger partial charge in [0.1, 0.15) is 17.2 Å². The van der Waals surface area contributed by atoms with Gasteiger partial charge in [-0.25, -0.2) is 4.98 Å². The number of ether oxygens (including phenoxy) is 1. The Kier molecular flexibility index (Phi) is 5.28. The van der Waals surface area contributed by atoms with Gasteiger partial charge >= 0.3 is 0 Å². The number of hydrogen-bond donors (Lipinski definition) is 1. The van der Waals surface area contributed by atoms with Crippen molar-refractivity contribution in [3.63, 3.8) is 0 Å². The fourth-order valence-corrected chi connectivity index (χ4v) is 4.05. The summed E-state index contributed by atoms with van der Waals surface area (Å²) in [6.07, 6.45) is 0.925. The fourth-order valence-electron chi connectivity index (χ4n) is 3.23. The van der Waals surface area contributed by atoms with Crippen molar-refractivity contribution in [2.24, 2.45) is 5.73 Å². The molecule has 0 aliphatic carbocycles. The molecule has 1 aliphatic heterocycles. The number of primary amides is 1. The van der Waals surface area contributed by atoms with E-state index in [1.807, 2.05) is 37.4 Å². The average Bonchev–Trinajstić information content (AvgIpc) is 3.03. The Morgan fingerprint density at radius 1 is 1.50 bits per heavy atom. The number of carbonyl (C=O) groups is 1. The molecule has 24 heavy (non-hydrogen) atoms. The summed E-state index contributed by atoms with van der Waals surface area (Å²) in [6, 6.07) is 7.66. The van der Waals surface area contributed by atoms with Crippen LogP contribution in [0.25, 0.3) is 0 Å². The fraction of sp³-hybridized carbons (Fsp3) is 0.444. The molecule has 2 N–H and O–H groups in total. The Hall–Kier alpha value is -1.76. The van der Waals surface area contributed by atoms with Gasteiger partial charge in [0, 0.05) is 25.1 Å². The van der Waals surface area contributed by atoms with E-state index >= 15 is 0 Å². The van der Waals surface area contributed by atoms with Gasteiger partial charge in [-0.1, -0.05) is 24.3 Å². The third-order valence-electron chi connectivity index (χ3n) is 4.35. The summed E-state index contributed by atoms with van der Waals surface area (Å²) in [7, 11) is 0. The minimum Gasteiger partial charge on any atom is -0.372 e. The third-order valence-corrected chi connectivity index (χ3v) is 5.41. The van der Waals surface area contributed by atoms with Crippen LogP contribution in [-0.4, -0.2) is 28.9 Å². The molecule has 6 heteroatoms. The van der Waals surface area contributed by atoms with Crippen LogP contribution in [0.5, 0.6) is 0 Å². The van der Waals surface area contributed by atoms with Crippen molar-refractivity contribution >= 4 is 17.2 Å². The normalized spacial score (nSPS) is 19.0. The van der Waals surface area contributed by atoms with Crippen molar-refractivity contribution in [3.8, 4) is 0 Å². The van der Waals surface area contributed by atoms with Crippen molar-refractivity contribution in [3.05, 3.63) is 51.5 Å². The molecule has 2 unspecified atom stereocenters. The first-order chi connectivity index (χ1) is 11.6. The minimum atomic E-state index is -0.385. The zero-order valence-electron chi connectivity index (χ0n) is 14.1. The summed E-state index contributed by atoms with van der Waals surface area (Å²) in [5, 5.41) is 3.02. The molecule has 2 aromatic rings. The highest BCUT2D eigenvalue weighted by Gasteiger charge is 2.31. The lowest BCUT2D eigenvalue weighted by Gasteiger charge is -2.34. The summed E-state index contributed by atoms with van der Waals surface area (Å²) >= 11 is 1.60. The first-order valence-electron chi connectivity index (χ1n) is 8.27. The Morgan fingerprint density at radius 3 is 3.04 bits per heavy atom. The van der Waals surface area contributed by atoms with E-state index in [1.165, 1.54) is 5.56 Å². The molecule has 0 saturated carbocycles. The molecule has 1 amide bonds. The summed E-state index contributed by atoms with van der Waals surface area (Å²) in [6.45, 7) is 6.08. The van der Waals surface area contributed by atoms with E-state index in [0.717, 1.165) is 29.2 Å². The van der Waals surface area contributed by atoms with Crippen LogP contribution in [-0.2, 0) is 22.5 Å². The van der Waals surface area contributed by atoms with E-state index in [0.29, 0.717) is 13.2 Å². The SMILES string of the molecule is CCOC(C)c1nc(CN2CCc3ccccc3C2C(N)=O)cs1. The number of hydrogen-bond acceptors (Lipinski definition) is 5. The molecule has 0 radical (unpaired) electrons. The van der Waals surface area contributed by atoms with Crippen LogP contribution in [0.1, 0.15) is 47.8 Å². The maximum atomic E-state index is 12.1. The molecule has 1 aromatic carbocycles. The van der Waals surface area contributed by atoms with E-state index < -0.39 is 0 Å². The molecule has 5 nitrogen and oxygen atoms in total. The molecule has 1 aliphatic rings. The van der Waals surface area contributed by atoms with Crippen LogP contribution >= 0.6 is 11.3 Å². The summed E-state index contributed by atoms with van der Waals surface area (Å²) in [5.74, 6) is -0.305. The molecule has 2 atom stereocenters. The number of aromatic nitrogens is 1. The summed E-state index contributed by atoms with van der Waals surface area (Å²) < 4.78 is 5.60. The molecule has 3 rings (SSSR count). The maximum Gasteiger partial charge on any atom is 0.239 e. The van der Waals surface area contributed by atoms with Gasteiger partial charge < -0.3 is 10.5 Å². The molecular formula is C18H23N3O2S. The summed E-state index contributed by atoms with van der Waals surface area (Å²) in [4.78, 5) is 18.9. The largest absolute Gasteiger partial charge is 0.372 e. The van der Waals surface area contributed by atoms with E-state index in [-0.39, 0.29) is 18.1 Å². The predicted octanol–water partition coefficient (Wildman–Crippen LogP) is 2.83. The van der Waals surface area contributed by atoms with Crippen LogP contribution in [0.15, 0.2) is 29.6 Å². The van der Waals surface area contributed by atoms with E-state index in [9.17, 15) is 4.79 Å². The van der Waals surface area contributed by atoms with Gasteiger partial charge in [-0.3, -0.25) is 9.69 Å². The van der Waals surface area contributed by atoms with Gasteiger partial charge in [0.05, 0.1) is 5.69 Å². The standard InChI is InChI=1S/C18H23N3O2S/c1-3-23-12(2)18-20-14(11-24-18)10-21-9-8-13-6-4-5-7-15(13)16(21)17(19)22/h4-7,11-12,16H,3,8-10H2,1-2H3,(H2,19,22). The lowest BCUT2D eigenvalue weighted by molar-refractivity contribution is -0.124. The zero-order chi connectivity index (χ0) is 17.1. The molecule has 0 saturated heterocycles. The van der Waals surface area contributed by atoms with Crippen LogP contribution in [0.3, 0.4) is 0 Å². The number of nitrogens with two attached hydrogens (primary N) is 1. The van der Waals surface area contributed by atoms with Crippen LogP contribution in [0.2, 0.25) is 0 Å². The highest BCUT2D eigenvalue weighted by atomic mass is 32.1. The minimum absolute atomic E-state index is 0.00256. The van der Waals surface area contributed by atoms with E-state index in [4.69, 9.17) is 10.5 Å². The second kappa shape index (κ2) is 7.42. The van der Waals surface area contributed by atoms with Crippen molar-refractivity contribution < 1.29 is 9.53 Å². The number of rotatable bonds is 6. The smallest absolute Gasteiger partial charge is 0.239 e. The van der Waals surface area contributed by atoms with Gasteiger partial charge in [0.2, 0.25) is 5.91 Å². The first-order valence-corrected chi connectivity index (χ1v) is 9.15. The van der Waals surface area contributed by atoms with Gasteiger partial charge in [-0.15, -0.1) is 11.3 Å². The molecule has 1 aromatic heterocycles. The molecule has 128 valence electrons. The average molecular weight is 345 g/mol. The number of nitrogens with zero attached hydrogens (tertiary/aromatic N) is 2. The Balaban J connectivity index is 1.79. The summed E-state index contributed by atoms with van der Waals surface area (Å²) in [5.41, 5.74) is 8.90. The van der Waals surface area contributed by atoms with Gasteiger partial charge in [-0.2, -0.15) is 0 Å². The topological polar surface area (TPSA) is 68.4 Å². The quantitative estimate of drug-likeness (QED) is 0.874. The number of amides is 1. The van der Waals surface area contributed by atoms with E-state index in [1.54, 1.807) is 11.3 Å². The van der Waals surface area contributed by atoms with Gasteiger partial charge in [0.15, 0.2) is 0 Å². The number of fused-ring (bicyclic) bond motifs is 1. The number of benzene rings is 1. The van der Waals surface area contributed by atoms with Crippen LogP contribution in [0.4, 0.5) is 0 Å². The van der Waals surface area contributed by atoms with Crippen molar-refractivity contribution in [1.29, 1.82) is 0 Å². The molecule has 0 spiro atoms. The highest BCUT2D eigenvalue weighted by Crippen LogP contribution is 2.31. The molecule has 0 bridgehead atoms. The Bertz CT molecular complexity index is 716. The highest BCUT2D eigenvalue weighted by molar-refractivity contribution is 7.09. The zero-order valence-corrected chi connectivity index (χ0v) is 14.9. The van der Waals surface area contributed by atoms with Crippen LogP contribution in [0, 0.1) is 0 Å². The van der Waals surface area contributed by atoms with Gasteiger partial charge in [-0.05, 0) is 31.4 Å². The van der Waals surface area contributed by atoms with Crippen molar-refractivity contribution in [2.45, 2.75) is 39.0 Å². The second-order valence-corrected chi connectivity index (χ2v) is 6.89. The third kappa shape index (κ3) is 3.50. The van der Waals surface area contributed by atoms with Crippen molar-refractivity contribution in [2.75, 3.05) is 13.2 Å². The second-order valence-electron chi connectivity index (χ2n) is 6.00.